The zero-order valence-corrected chi connectivity index (χ0v) is 21.2. The van der Waals surface area contributed by atoms with Crippen LogP contribution in [0.2, 0.25) is 5.02 Å². The molecule has 0 aliphatic rings. The van der Waals surface area contributed by atoms with E-state index in [9.17, 15) is 4.79 Å². The molecule has 5 rings (SSSR count). The number of urea groups is 1. The Morgan fingerprint density at radius 1 is 0.921 bits per heavy atom. The predicted octanol–water partition coefficient (Wildman–Crippen LogP) is 6.50. The number of hydrogen-bond acceptors (Lipinski definition) is 7. The second kappa shape index (κ2) is 11.4. The highest BCUT2D eigenvalue weighted by molar-refractivity contribution is 6.32. The number of rotatable bonds is 8. The van der Waals surface area contributed by atoms with E-state index in [-0.39, 0.29) is 6.03 Å². The molecule has 0 saturated carbocycles. The Hall–Kier alpha value is -4.89. The van der Waals surface area contributed by atoms with Crippen LogP contribution in [0.1, 0.15) is 5.56 Å². The lowest BCUT2D eigenvalue weighted by Crippen LogP contribution is -2.28. The fourth-order valence-electron chi connectivity index (χ4n) is 3.77. The van der Waals surface area contributed by atoms with Gasteiger partial charge in [-0.2, -0.15) is 4.98 Å². The Morgan fingerprint density at radius 2 is 1.76 bits per heavy atom. The van der Waals surface area contributed by atoms with Gasteiger partial charge in [0.2, 0.25) is 5.95 Å². The van der Waals surface area contributed by atoms with E-state index in [1.807, 2.05) is 48.5 Å². The predicted molar refractivity (Wildman–Crippen MR) is 151 cm³/mol. The normalized spacial score (nSPS) is 10.6. The first-order valence-electron chi connectivity index (χ1n) is 11.7. The molecule has 0 atom stereocenters. The van der Waals surface area contributed by atoms with E-state index >= 15 is 0 Å². The molecule has 2 aromatic heterocycles. The number of carbonyl (C=O) groups is 1. The van der Waals surface area contributed by atoms with Crippen molar-refractivity contribution in [1.82, 2.24) is 20.3 Å². The van der Waals surface area contributed by atoms with Crippen LogP contribution in [0.25, 0.3) is 10.8 Å². The Bertz CT molecular complexity index is 1580. The molecular weight excluding hydrogens is 502 g/mol. The van der Waals surface area contributed by atoms with E-state index in [1.165, 1.54) is 6.20 Å². The number of nitrogens with zero attached hydrogens (tertiary/aromatic N) is 3. The van der Waals surface area contributed by atoms with Gasteiger partial charge in [-0.05, 0) is 46.7 Å². The molecular formula is C28H24ClN7O2. The Morgan fingerprint density at radius 3 is 2.58 bits per heavy atom. The number of hydrogen-bond donors (Lipinski definition) is 4. The summed E-state index contributed by atoms with van der Waals surface area (Å²) in [5.41, 5.74) is 2.93. The van der Waals surface area contributed by atoms with Crippen molar-refractivity contribution in [3.8, 4) is 5.75 Å². The molecule has 0 spiro atoms. The molecule has 2 heterocycles. The van der Waals surface area contributed by atoms with Crippen LogP contribution in [0.15, 0.2) is 91.4 Å². The maximum atomic E-state index is 12.3. The van der Waals surface area contributed by atoms with Gasteiger partial charge in [-0.1, -0.05) is 48.0 Å². The highest BCUT2D eigenvalue weighted by Gasteiger charge is 2.11. The van der Waals surface area contributed by atoms with Gasteiger partial charge in [0.25, 0.3) is 0 Å². The van der Waals surface area contributed by atoms with Gasteiger partial charge in [-0.25, -0.2) is 9.78 Å². The van der Waals surface area contributed by atoms with Crippen LogP contribution in [-0.2, 0) is 6.54 Å². The lowest BCUT2D eigenvalue weighted by Gasteiger charge is -2.14. The number of halogens is 1. The third-order valence-corrected chi connectivity index (χ3v) is 5.91. The summed E-state index contributed by atoms with van der Waals surface area (Å²) in [6.45, 7) is 0.361. The summed E-state index contributed by atoms with van der Waals surface area (Å²) < 4.78 is 5.52. The third-order valence-electron chi connectivity index (χ3n) is 5.64. The molecule has 9 nitrogen and oxygen atoms in total. The number of carbonyl (C=O) groups excluding carboxylic acids is 1. The van der Waals surface area contributed by atoms with Gasteiger partial charge in [0.1, 0.15) is 10.8 Å². The van der Waals surface area contributed by atoms with Crippen LogP contribution in [0.3, 0.4) is 0 Å². The first-order valence-corrected chi connectivity index (χ1v) is 12.1. The molecule has 190 valence electrons. The first-order chi connectivity index (χ1) is 18.6. The maximum absolute atomic E-state index is 12.3. The number of fused-ring (bicyclic) bond motifs is 1. The molecule has 0 bridgehead atoms. The van der Waals surface area contributed by atoms with Gasteiger partial charge in [-0.15, -0.1) is 0 Å². The highest BCUT2D eigenvalue weighted by Crippen LogP contribution is 2.31. The topological polar surface area (TPSA) is 113 Å². The molecule has 4 N–H and O–H groups in total. The number of aromatic nitrogens is 3. The number of anilines is 5. The quantitative estimate of drug-likeness (QED) is 0.183. The Labute approximate surface area is 224 Å². The van der Waals surface area contributed by atoms with E-state index in [1.54, 1.807) is 37.7 Å². The lowest BCUT2D eigenvalue weighted by molar-refractivity contribution is 0.251. The zero-order valence-electron chi connectivity index (χ0n) is 20.4. The van der Waals surface area contributed by atoms with E-state index in [4.69, 9.17) is 16.3 Å². The van der Waals surface area contributed by atoms with Crippen molar-refractivity contribution in [2.45, 2.75) is 6.54 Å². The van der Waals surface area contributed by atoms with Crippen LogP contribution in [0, 0.1) is 0 Å². The summed E-state index contributed by atoms with van der Waals surface area (Å²) in [6.07, 6.45) is 4.91. The summed E-state index contributed by atoms with van der Waals surface area (Å²) in [6, 6.07) is 22.7. The zero-order chi connectivity index (χ0) is 26.3. The molecule has 0 aliphatic carbocycles. The van der Waals surface area contributed by atoms with Crippen molar-refractivity contribution in [3.63, 3.8) is 0 Å². The van der Waals surface area contributed by atoms with Crippen molar-refractivity contribution >= 4 is 57.2 Å². The molecule has 0 saturated heterocycles. The molecule has 38 heavy (non-hydrogen) atoms. The minimum atomic E-state index is -0.345. The minimum absolute atomic E-state index is 0.325. The molecule has 2 amide bonds. The van der Waals surface area contributed by atoms with Gasteiger partial charge in [0.05, 0.1) is 19.0 Å². The van der Waals surface area contributed by atoms with Gasteiger partial charge in [0.15, 0.2) is 5.82 Å². The van der Waals surface area contributed by atoms with Crippen LogP contribution in [0.4, 0.5) is 33.6 Å². The molecule has 0 fully saturated rings. The molecule has 10 heteroatoms. The molecule has 0 unspecified atom stereocenters. The van der Waals surface area contributed by atoms with Crippen LogP contribution in [0.5, 0.6) is 5.75 Å². The average Bonchev–Trinajstić information content (AvgIpc) is 2.95. The van der Waals surface area contributed by atoms with Gasteiger partial charge >= 0.3 is 6.03 Å². The standard InChI is InChI=1S/C28H24ClN7O2/c1-38-25-14-22(34-28(37)32-16-18-5-4-12-30-15-18)10-11-24(25)35-27-31-17-23(29)26(36-27)33-21-9-8-19-6-2-3-7-20(19)13-21/h2-15,17H,16H2,1H3,(H2,32,34,37)(H2,31,33,35,36). The smallest absolute Gasteiger partial charge is 0.319 e. The third kappa shape index (κ3) is 6.08. The fourth-order valence-corrected chi connectivity index (χ4v) is 3.91. The van der Waals surface area contributed by atoms with Crippen LogP contribution in [-0.4, -0.2) is 28.1 Å². The number of benzene rings is 3. The van der Waals surface area contributed by atoms with Crippen LogP contribution >= 0.6 is 11.6 Å². The average molecular weight is 526 g/mol. The van der Waals surface area contributed by atoms with Gasteiger partial charge < -0.3 is 26.0 Å². The first kappa shape index (κ1) is 24.8. The maximum Gasteiger partial charge on any atom is 0.319 e. The molecule has 3 aromatic carbocycles. The highest BCUT2D eigenvalue weighted by atomic mass is 35.5. The van der Waals surface area contributed by atoms with Gasteiger partial charge in [0, 0.05) is 36.4 Å². The summed E-state index contributed by atoms with van der Waals surface area (Å²) in [7, 11) is 1.54. The summed E-state index contributed by atoms with van der Waals surface area (Å²) in [5.74, 6) is 1.28. The largest absolute Gasteiger partial charge is 0.494 e. The number of amides is 2. The van der Waals surface area contributed by atoms with E-state index in [0.717, 1.165) is 22.0 Å². The van der Waals surface area contributed by atoms with Crippen molar-refractivity contribution < 1.29 is 9.53 Å². The molecule has 0 radical (unpaired) electrons. The summed E-state index contributed by atoms with van der Waals surface area (Å²) >= 11 is 6.37. The van der Waals surface area contributed by atoms with Crippen LogP contribution < -0.4 is 26.0 Å². The second-order valence-electron chi connectivity index (χ2n) is 8.29. The summed E-state index contributed by atoms with van der Waals surface area (Å²) in [4.78, 5) is 25.2. The van der Waals surface area contributed by atoms with E-state index in [2.05, 4.69) is 42.3 Å². The lowest BCUT2D eigenvalue weighted by atomic mass is 10.1. The number of ether oxygens (including phenoxy) is 1. The molecule has 5 aromatic rings. The minimum Gasteiger partial charge on any atom is -0.494 e. The second-order valence-corrected chi connectivity index (χ2v) is 8.69. The fraction of sp³-hybridized carbons (Fsp3) is 0.0714. The van der Waals surface area contributed by atoms with Crippen molar-refractivity contribution in [1.29, 1.82) is 0 Å². The SMILES string of the molecule is COc1cc(NC(=O)NCc2cccnc2)ccc1Nc1ncc(Cl)c(Nc2ccc3ccccc3c2)n1. The number of pyridine rings is 1. The van der Waals surface area contributed by atoms with Gasteiger partial charge in [-0.3, -0.25) is 4.98 Å². The van der Waals surface area contributed by atoms with E-state index < -0.39 is 0 Å². The number of methoxy groups -OCH3 is 1. The molecule has 0 aliphatic heterocycles. The number of nitrogens with one attached hydrogen (secondary N) is 4. The Kier molecular flexibility index (Phi) is 7.47. The van der Waals surface area contributed by atoms with E-state index in [0.29, 0.717) is 40.5 Å². The Balaban J connectivity index is 1.27. The van der Waals surface area contributed by atoms with Crippen molar-refractivity contribution in [2.24, 2.45) is 0 Å². The van der Waals surface area contributed by atoms with Crippen molar-refractivity contribution in [3.05, 3.63) is 102 Å². The summed E-state index contributed by atoms with van der Waals surface area (Å²) in [5, 5.41) is 14.6. The van der Waals surface area contributed by atoms with Crippen molar-refractivity contribution in [2.75, 3.05) is 23.1 Å². The monoisotopic (exact) mass is 525 g/mol.